The van der Waals surface area contributed by atoms with Gasteiger partial charge in [-0.2, -0.15) is 0 Å². The Kier molecular flexibility index (Phi) is 7.52. The van der Waals surface area contributed by atoms with Gasteiger partial charge in [0.2, 0.25) is 0 Å². The maximum Gasteiger partial charge on any atom is -0.0203 e. The van der Waals surface area contributed by atoms with Crippen LogP contribution in [0.2, 0.25) is 0 Å². The molecule has 0 rings (SSSR count). The largest absolute Gasteiger partial charge is 0.0911 e. The zero-order valence-corrected chi connectivity index (χ0v) is 7.65. The number of hydrogen-bond acceptors (Lipinski definition) is 0. The molecule has 0 nitrogen and oxygen atoms in total. The van der Waals surface area contributed by atoms with Crippen molar-refractivity contribution in [1.82, 2.24) is 0 Å². The van der Waals surface area contributed by atoms with Gasteiger partial charge in [0.15, 0.2) is 0 Å². The third kappa shape index (κ3) is 18.2. The molecule has 0 aromatic heterocycles. The van der Waals surface area contributed by atoms with Gasteiger partial charge in [-0.3, -0.25) is 0 Å². The lowest BCUT2D eigenvalue weighted by molar-refractivity contribution is 0.543. The fourth-order valence-corrected chi connectivity index (χ4v) is 0.500. The lowest BCUT2D eigenvalue weighted by atomic mass is 9.97. The zero-order chi connectivity index (χ0) is 7.91. The average Bonchev–Trinajstić information content (AvgIpc) is 1.69. The minimum atomic E-state index is 0.370. The van der Waals surface area contributed by atoms with Gasteiger partial charge in [-0.05, 0) is 12.3 Å². The Labute approximate surface area is 60.0 Å². The van der Waals surface area contributed by atoms with Crippen molar-refractivity contribution < 1.29 is 0 Å². The highest BCUT2D eigenvalue weighted by atomic mass is 14.1. The molecule has 0 aromatic carbocycles. The minimum Gasteiger partial charge on any atom is -0.0911 e. The van der Waals surface area contributed by atoms with E-state index < -0.39 is 0 Å². The van der Waals surface area contributed by atoms with Crippen LogP contribution >= 0.6 is 0 Å². The van der Waals surface area contributed by atoms with Crippen LogP contribution < -0.4 is 0 Å². The van der Waals surface area contributed by atoms with Crippen molar-refractivity contribution >= 4 is 0 Å². The van der Waals surface area contributed by atoms with Crippen molar-refractivity contribution in [3.8, 4) is 0 Å². The maximum absolute atomic E-state index is 2.19. The molecule has 0 aliphatic heterocycles. The zero-order valence-electron chi connectivity index (χ0n) is 7.65. The van der Waals surface area contributed by atoms with E-state index in [0.717, 1.165) is 0 Å². The second-order valence-electron chi connectivity index (χ2n) is 2.87. The molecule has 0 spiro atoms. The van der Waals surface area contributed by atoms with E-state index in [1.165, 1.54) is 0 Å². The Bertz CT molecular complexity index is 62.6. The molecule has 0 aliphatic carbocycles. The van der Waals surface area contributed by atoms with Crippen LogP contribution in [0.15, 0.2) is 12.2 Å². The molecule has 9 heavy (non-hydrogen) atoms. The molecule has 0 heterocycles. The van der Waals surface area contributed by atoms with Crippen molar-refractivity contribution in [2.75, 3.05) is 0 Å². The first-order chi connectivity index (χ1) is 4.06. The molecule has 56 valence electrons. The molecule has 0 fully saturated rings. The van der Waals surface area contributed by atoms with Crippen LogP contribution in [0.25, 0.3) is 0 Å². The summed E-state index contributed by atoms with van der Waals surface area (Å²) in [6.45, 7) is 12.6. The summed E-state index contributed by atoms with van der Waals surface area (Å²) in [5, 5.41) is 0. The van der Waals surface area contributed by atoms with E-state index >= 15 is 0 Å². The number of rotatable bonds is 0. The van der Waals surface area contributed by atoms with Crippen LogP contribution in [0.1, 0.15) is 41.5 Å². The highest BCUT2D eigenvalue weighted by molar-refractivity contribution is 4.88. The quantitative estimate of drug-likeness (QED) is 0.437. The molecular weight excluding hydrogens is 108 g/mol. The summed E-state index contributed by atoms with van der Waals surface area (Å²) in [5.74, 6) is 0. The monoisotopic (exact) mass is 128 g/mol. The van der Waals surface area contributed by atoms with E-state index in [0.29, 0.717) is 5.41 Å². The third-order valence-electron chi connectivity index (χ3n) is 0.667. The first kappa shape index (κ1) is 11.5. The average molecular weight is 128 g/mol. The molecule has 0 atom stereocenters. The number of hydrogen-bond donors (Lipinski definition) is 0. The van der Waals surface area contributed by atoms with Gasteiger partial charge < -0.3 is 0 Å². The molecule has 0 bridgehead atoms. The summed E-state index contributed by atoms with van der Waals surface area (Å²) in [5.41, 5.74) is 0.370. The van der Waals surface area contributed by atoms with Gasteiger partial charge in [0.1, 0.15) is 0 Å². The highest BCUT2D eigenvalue weighted by Gasteiger charge is 2.00. The van der Waals surface area contributed by atoms with E-state index in [4.69, 9.17) is 0 Å². The first-order valence-corrected chi connectivity index (χ1v) is 3.70. The van der Waals surface area contributed by atoms with Gasteiger partial charge in [0.25, 0.3) is 0 Å². The van der Waals surface area contributed by atoms with Crippen molar-refractivity contribution in [2.24, 2.45) is 5.41 Å². The Morgan fingerprint density at radius 1 is 1.00 bits per heavy atom. The van der Waals surface area contributed by atoms with Gasteiger partial charge in [-0.1, -0.05) is 46.8 Å². The van der Waals surface area contributed by atoms with E-state index in [1.807, 2.05) is 20.8 Å². The van der Waals surface area contributed by atoms with Gasteiger partial charge >= 0.3 is 0 Å². The fraction of sp³-hybridized carbons (Fsp3) is 0.778. The van der Waals surface area contributed by atoms with Crippen LogP contribution in [-0.2, 0) is 0 Å². The molecule has 0 aromatic rings. The molecule has 0 amide bonds. The summed E-state index contributed by atoms with van der Waals surface area (Å²) < 4.78 is 0. The van der Waals surface area contributed by atoms with Crippen molar-refractivity contribution in [3.63, 3.8) is 0 Å². The van der Waals surface area contributed by atoms with Gasteiger partial charge in [0, 0.05) is 0 Å². The lowest BCUT2D eigenvalue weighted by Crippen LogP contribution is -1.97. The molecule has 0 saturated heterocycles. The Morgan fingerprint density at radius 3 is 1.33 bits per heavy atom. The summed E-state index contributed by atoms with van der Waals surface area (Å²) in [4.78, 5) is 0. The second-order valence-corrected chi connectivity index (χ2v) is 2.87. The second kappa shape index (κ2) is 5.87. The summed E-state index contributed by atoms with van der Waals surface area (Å²) in [7, 11) is 0. The minimum absolute atomic E-state index is 0.370. The van der Waals surface area contributed by atoms with Gasteiger partial charge in [-0.25, -0.2) is 0 Å². The van der Waals surface area contributed by atoms with Crippen molar-refractivity contribution in [1.29, 1.82) is 0 Å². The summed E-state index contributed by atoms with van der Waals surface area (Å²) >= 11 is 0. The summed E-state index contributed by atoms with van der Waals surface area (Å²) in [6, 6.07) is 0. The summed E-state index contributed by atoms with van der Waals surface area (Å²) in [6.07, 6.45) is 4.27. The molecule has 0 saturated carbocycles. The lowest BCUT2D eigenvalue weighted by Gasteiger charge is -2.09. The Hall–Kier alpha value is -0.260. The fourth-order valence-electron chi connectivity index (χ4n) is 0.500. The van der Waals surface area contributed by atoms with E-state index in [-0.39, 0.29) is 0 Å². The van der Waals surface area contributed by atoms with E-state index in [9.17, 15) is 0 Å². The SMILES string of the molecule is CC.CC=CC(C)(C)C. The highest BCUT2D eigenvalue weighted by Crippen LogP contribution is 2.13. The third-order valence-corrected chi connectivity index (χ3v) is 0.667. The van der Waals surface area contributed by atoms with Crippen LogP contribution in [0, 0.1) is 5.41 Å². The smallest absolute Gasteiger partial charge is 0.0203 e. The molecule has 0 N–H and O–H groups in total. The van der Waals surface area contributed by atoms with Crippen molar-refractivity contribution in [3.05, 3.63) is 12.2 Å². The molecule has 0 radical (unpaired) electrons. The molecular formula is C9H20. The molecule has 0 aliphatic rings. The normalized spacial score (nSPS) is 10.9. The van der Waals surface area contributed by atoms with Crippen LogP contribution in [0.3, 0.4) is 0 Å². The van der Waals surface area contributed by atoms with Gasteiger partial charge in [0.05, 0.1) is 0 Å². The predicted octanol–water partition coefficient (Wildman–Crippen LogP) is 3.63. The maximum atomic E-state index is 2.19. The predicted molar refractivity (Wildman–Crippen MR) is 45.6 cm³/mol. The van der Waals surface area contributed by atoms with Crippen LogP contribution in [-0.4, -0.2) is 0 Å². The molecule has 0 heteroatoms. The molecule has 0 unspecified atom stereocenters. The van der Waals surface area contributed by atoms with Gasteiger partial charge in [-0.15, -0.1) is 0 Å². The van der Waals surface area contributed by atoms with Crippen molar-refractivity contribution in [2.45, 2.75) is 41.5 Å². The Balaban J connectivity index is 0. The standard InChI is InChI=1S/C7H14.C2H6/c1-5-6-7(2,3)4;1-2/h5-6H,1-4H3;1-2H3. The number of allylic oxidation sites excluding steroid dienone is 2. The van der Waals surface area contributed by atoms with Crippen LogP contribution in [0.5, 0.6) is 0 Å². The topological polar surface area (TPSA) is 0 Å². The van der Waals surface area contributed by atoms with Crippen LogP contribution in [0.4, 0.5) is 0 Å². The Morgan fingerprint density at radius 2 is 1.33 bits per heavy atom. The van der Waals surface area contributed by atoms with E-state index in [2.05, 4.69) is 32.9 Å². The van der Waals surface area contributed by atoms with E-state index in [1.54, 1.807) is 0 Å². The first-order valence-electron chi connectivity index (χ1n) is 3.70.